The fraction of sp³-hybridized carbons (Fsp3) is 1.00. The molecule has 1 fully saturated rings. The molecule has 1 heterocycles. The number of nitrogens with zero attached hydrogens (tertiary/aromatic N) is 1. The lowest BCUT2D eigenvalue weighted by atomic mass is 10.3. The summed E-state index contributed by atoms with van der Waals surface area (Å²) < 4.78 is 25.2. The van der Waals surface area contributed by atoms with Gasteiger partial charge in [0, 0.05) is 24.1 Å². The summed E-state index contributed by atoms with van der Waals surface area (Å²) in [7, 11) is -2.96. The molecule has 0 spiro atoms. The van der Waals surface area contributed by atoms with Crippen molar-refractivity contribution in [3.8, 4) is 0 Å². The summed E-state index contributed by atoms with van der Waals surface area (Å²) >= 11 is 1.87. The second kappa shape index (κ2) is 5.37. The molecule has 0 bridgehead atoms. The number of rotatable bonds is 3. The predicted molar refractivity (Wildman–Crippen MR) is 62.2 cm³/mol. The third kappa shape index (κ3) is 3.44. The van der Waals surface area contributed by atoms with Crippen LogP contribution in [0, 0.1) is 0 Å². The van der Waals surface area contributed by atoms with Crippen LogP contribution < -0.4 is 0 Å². The van der Waals surface area contributed by atoms with Crippen molar-refractivity contribution in [3.05, 3.63) is 0 Å². The highest BCUT2D eigenvalue weighted by Crippen LogP contribution is 2.20. The van der Waals surface area contributed by atoms with Crippen LogP contribution in [-0.2, 0) is 10.0 Å². The molecule has 0 aromatic rings. The van der Waals surface area contributed by atoms with Gasteiger partial charge in [0.15, 0.2) is 0 Å². The lowest BCUT2D eigenvalue weighted by Crippen LogP contribution is -2.34. The molecule has 0 saturated carbocycles. The summed E-state index contributed by atoms with van der Waals surface area (Å²) in [5, 5.41) is 0.594. The van der Waals surface area contributed by atoms with Crippen molar-refractivity contribution in [3.63, 3.8) is 0 Å². The Labute approximate surface area is 91.3 Å². The van der Waals surface area contributed by atoms with Crippen LogP contribution in [0.1, 0.15) is 26.7 Å². The van der Waals surface area contributed by atoms with Gasteiger partial charge in [-0.15, -0.1) is 0 Å². The van der Waals surface area contributed by atoms with Gasteiger partial charge in [-0.3, -0.25) is 0 Å². The normalized spacial score (nSPS) is 26.0. The van der Waals surface area contributed by atoms with Gasteiger partial charge in [-0.1, -0.05) is 13.8 Å². The monoisotopic (exact) mass is 237 g/mol. The van der Waals surface area contributed by atoms with Crippen LogP contribution >= 0.6 is 11.8 Å². The molecule has 3 nitrogen and oxygen atoms in total. The molecule has 0 aliphatic carbocycles. The zero-order chi connectivity index (χ0) is 10.6. The third-order valence-corrected chi connectivity index (χ3v) is 5.68. The van der Waals surface area contributed by atoms with E-state index in [2.05, 4.69) is 6.92 Å². The molecule has 5 heteroatoms. The van der Waals surface area contributed by atoms with Crippen LogP contribution in [-0.4, -0.2) is 42.6 Å². The molecule has 1 unspecified atom stereocenters. The molecule has 0 amide bonds. The van der Waals surface area contributed by atoms with Crippen molar-refractivity contribution in [2.45, 2.75) is 31.9 Å². The topological polar surface area (TPSA) is 37.4 Å². The predicted octanol–water partition coefficient (Wildman–Crippen LogP) is 1.55. The van der Waals surface area contributed by atoms with Gasteiger partial charge in [-0.2, -0.15) is 11.8 Å². The van der Waals surface area contributed by atoms with E-state index in [-0.39, 0.29) is 0 Å². The van der Waals surface area contributed by atoms with Crippen LogP contribution in [0.2, 0.25) is 0 Å². The maximum atomic E-state index is 11.8. The Hall–Kier alpha value is 0.260. The zero-order valence-electron chi connectivity index (χ0n) is 8.90. The molecule has 14 heavy (non-hydrogen) atoms. The number of hydrogen-bond donors (Lipinski definition) is 0. The van der Waals surface area contributed by atoms with Crippen molar-refractivity contribution >= 4 is 21.8 Å². The average Bonchev–Trinajstić information content (AvgIpc) is 2.30. The van der Waals surface area contributed by atoms with Gasteiger partial charge in [0.05, 0.1) is 5.75 Å². The minimum Gasteiger partial charge on any atom is -0.212 e. The highest BCUT2D eigenvalue weighted by molar-refractivity contribution is 8.00. The van der Waals surface area contributed by atoms with Gasteiger partial charge in [0.2, 0.25) is 10.0 Å². The van der Waals surface area contributed by atoms with Crippen LogP contribution in [0.25, 0.3) is 0 Å². The molecule has 1 atom stereocenters. The van der Waals surface area contributed by atoms with Crippen LogP contribution in [0.5, 0.6) is 0 Å². The Morgan fingerprint density at radius 2 is 2.14 bits per heavy atom. The van der Waals surface area contributed by atoms with E-state index in [0.29, 0.717) is 30.5 Å². The van der Waals surface area contributed by atoms with E-state index in [9.17, 15) is 8.42 Å². The van der Waals surface area contributed by atoms with Crippen molar-refractivity contribution in [2.75, 3.05) is 24.6 Å². The molecule has 0 radical (unpaired) electrons. The lowest BCUT2D eigenvalue weighted by Gasteiger charge is -2.19. The highest BCUT2D eigenvalue weighted by Gasteiger charge is 2.23. The molecule has 84 valence electrons. The molecule has 1 aliphatic heterocycles. The first kappa shape index (κ1) is 12.3. The molecule has 1 aliphatic rings. The Kier molecular flexibility index (Phi) is 4.73. The van der Waals surface area contributed by atoms with E-state index in [1.54, 1.807) is 4.31 Å². The number of sulfonamides is 1. The minimum absolute atomic E-state index is 0.298. The Bertz CT molecular complexity index is 264. The van der Waals surface area contributed by atoms with E-state index < -0.39 is 10.0 Å². The van der Waals surface area contributed by atoms with Crippen molar-refractivity contribution in [2.24, 2.45) is 0 Å². The molecule has 0 N–H and O–H groups in total. The van der Waals surface area contributed by atoms with Crippen LogP contribution in [0.15, 0.2) is 0 Å². The van der Waals surface area contributed by atoms with Gasteiger partial charge in [0.1, 0.15) is 0 Å². The van der Waals surface area contributed by atoms with Gasteiger partial charge in [-0.05, 0) is 12.8 Å². The Balaban J connectivity index is 2.59. The summed E-state index contributed by atoms with van der Waals surface area (Å²) in [5.74, 6) is 1.23. The van der Waals surface area contributed by atoms with Crippen LogP contribution in [0.4, 0.5) is 0 Å². The van der Waals surface area contributed by atoms with Gasteiger partial charge >= 0.3 is 0 Å². The van der Waals surface area contributed by atoms with E-state index in [0.717, 1.165) is 12.2 Å². The minimum atomic E-state index is -2.96. The maximum Gasteiger partial charge on any atom is 0.214 e. The van der Waals surface area contributed by atoms with E-state index in [4.69, 9.17) is 0 Å². The van der Waals surface area contributed by atoms with Crippen molar-refractivity contribution in [1.29, 1.82) is 0 Å². The third-order valence-electron chi connectivity index (χ3n) is 2.38. The molecule has 1 saturated heterocycles. The first-order chi connectivity index (χ1) is 6.56. The van der Waals surface area contributed by atoms with Crippen LogP contribution in [0.3, 0.4) is 0 Å². The first-order valence-electron chi connectivity index (χ1n) is 5.15. The Morgan fingerprint density at radius 1 is 1.43 bits per heavy atom. The Morgan fingerprint density at radius 3 is 2.79 bits per heavy atom. The summed E-state index contributed by atoms with van der Waals surface area (Å²) in [5.41, 5.74) is 0. The SMILES string of the molecule is CCCS(=O)(=O)N1CCSC(C)CC1. The molecule has 0 aromatic heterocycles. The number of thioether (sulfide) groups is 1. The van der Waals surface area contributed by atoms with E-state index >= 15 is 0 Å². The van der Waals surface area contributed by atoms with Crippen molar-refractivity contribution in [1.82, 2.24) is 4.31 Å². The summed E-state index contributed by atoms with van der Waals surface area (Å²) in [6.07, 6.45) is 1.69. The second-order valence-corrected chi connectivity index (χ2v) is 7.32. The quantitative estimate of drug-likeness (QED) is 0.747. The zero-order valence-corrected chi connectivity index (χ0v) is 10.5. The van der Waals surface area contributed by atoms with Gasteiger partial charge < -0.3 is 0 Å². The fourth-order valence-electron chi connectivity index (χ4n) is 1.54. The highest BCUT2D eigenvalue weighted by atomic mass is 32.2. The van der Waals surface area contributed by atoms with Crippen molar-refractivity contribution < 1.29 is 8.42 Å². The molecule has 0 aromatic carbocycles. The summed E-state index contributed by atoms with van der Waals surface area (Å²) in [4.78, 5) is 0. The fourth-order valence-corrected chi connectivity index (χ4v) is 4.18. The van der Waals surface area contributed by atoms with Gasteiger partial charge in [0.25, 0.3) is 0 Å². The smallest absolute Gasteiger partial charge is 0.212 e. The second-order valence-electron chi connectivity index (χ2n) is 3.69. The lowest BCUT2D eigenvalue weighted by molar-refractivity contribution is 0.428. The van der Waals surface area contributed by atoms with E-state index in [1.165, 1.54) is 0 Å². The summed E-state index contributed by atoms with van der Waals surface area (Å²) in [6.45, 7) is 5.47. The molecular formula is C9H19NO2S2. The van der Waals surface area contributed by atoms with E-state index in [1.807, 2.05) is 18.7 Å². The average molecular weight is 237 g/mol. The maximum absolute atomic E-state index is 11.8. The summed E-state index contributed by atoms with van der Waals surface area (Å²) in [6, 6.07) is 0. The standard InChI is InChI=1S/C9H19NO2S2/c1-3-8-14(11,12)10-5-4-9(2)13-7-6-10/h9H,3-8H2,1-2H3. The molecular weight excluding hydrogens is 218 g/mol. The first-order valence-corrected chi connectivity index (χ1v) is 7.81. The van der Waals surface area contributed by atoms with Gasteiger partial charge in [-0.25, -0.2) is 12.7 Å². The molecule has 1 rings (SSSR count). The largest absolute Gasteiger partial charge is 0.214 e. The number of hydrogen-bond acceptors (Lipinski definition) is 3.